The van der Waals surface area contributed by atoms with Gasteiger partial charge in [-0.25, -0.2) is 4.98 Å². The SMILES string of the molecule is C=C(NCCCc1cc(C(C)N(C(=C)C2CNCCO2)C2CC2)cc(OC(C)CC)n1)OC. The molecule has 2 heterocycles. The van der Waals surface area contributed by atoms with Crippen molar-refractivity contribution in [3.05, 3.63) is 48.1 Å². The molecule has 1 aliphatic carbocycles. The average Bonchev–Trinajstić information content (AvgIpc) is 3.67. The van der Waals surface area contributed by atoms with Gasteiger partial charge in [0.15, 0.2) is 5.88 Å². The van der Waals surface area contributed by atoms with Crippen LogP contribution in [-0.4, -0.2) is 61.5 Å². The number of nitrogens with one attached hydrogen (secondary N) is 2. The van der Waals surface area contributed by atoms with Gasteiger partial charge in [0, 0.05) is 43.1 Å². The van der Waals surface area contributed by atoms with Crippen LogP contribution >= 0.6 is 0 Å². The number of nitrogens with zero attached hydrogens (tertiary/aromatic N) is 2. The van der Waals surface area contributed by atoms with Gasteiger partial charge in [0.1, 0.15) is 6.10 Å². The Balaban J connectivity index is 1.78. The van der Waals surface area contributed by atoms with Gasteiger partial charge in [-0.15, -0.1) is 0 Å². The monoisotopic (exact) mass is 458 g/mol. The average molecular weight is 459 g/mol. The van der Waals surface area contributed by atoms with E-state index in [1.54, 1.807) is 7.11 Å². The third-order valence-corrected chi connectivity index (χ3v) is 6.42. The number of hydrogen-bond acceptors (Lipinski definition) is 7. The molecule has 0 amide bonds. The number of methoxy groups -OCH3 is 1. The van der Waals surface area contributed by atoms with E-state index in [2.05, 4.69) is 61.6 Å². The van der Waals surface area contributed by atoms with Crippen molar-refractivity contribution < 1.29 is 14.2 Å². The summed E-state index contributed by atoms with van der Waals surface area (Å²) < 4.78 is 17.3. The minimum atomic E-state index is 0.0268. The maximum atomic E-state index is 6.15. The summed E-state index contributed by atoms with van der Waals surface area (Å²) in [7, 11) is 1.62. The summed E-state index contributed by atoms with van der Waals surface area (Å²) in [5.41, 5.74) is 3.33. The highest BCUT2D eigenvalue weighted by molar-refractivity contribution is 5.30. The second-order valence-corrected chi connectivity index (χ2v) is 9.09. The van der Waals surface area contributed by atoms with Crippen LogP contribution in [0.2, 0.25) is 0 Å². The van der Waals surface area contributed by atoms with Crippen LogP contribution in [0.4, 0.5) is 0 Å². The Morgan fingerprint density at radius 2 is 2.12 bits per heavy atom. The van der Waals surface area contributed by atoms with Crippen LogP contribution in [0.25, 0.3) is 0 Å². The lowest BCUT2D eigenvalue weighted by Crippen LogP contribution is -2.44. The molecule has 3 atom stereocenters. The smallest absolute Gasteiger partial charge is 0.214 e. The molecular weight excluding hydrogens is 416 g/mol. The number of aryl methyl sites for hydroxylation is 1. The zero-order chi connectivity index (χ0) is 23.8. The van der Waals surface area contributed by atoms with Crippen molar-refractivity contribution in [2.75, 3.05) is 33.4 Å². The van der Waals surface area contributed by atoms with E-state index in [0.29, 0.717) is 17.8 Å². The second-order valence-electron chi connectivity index (χ2n) is 9.09. The summed E-state index contributed by atoms with van der Waals surface area (Å²) in [5.74, 6) is 1.29. The largest absolute Gasteiger partial charge is 0.483 e. The van der Waals surface area contributed by atoms with Gasteiger partial charge in [-0.05, 0) is 64.2 Å². The minimum absolute atomic E-state index is 0.0268. The molecule has 0 aromatic carbocycles. The molecule has 1 aromatic rings. The van der Waals surface area contributed by atoms with E-state index >= 15 is 0 Å². The standard InChI is InChI=1S/C26H42N4O3/c1-7-18(2)33-26-16-22(15-23(29-26)9-8-12-28-21(5)31-6)19(3)30(24-10-11-24)20(4)25-17-27-13-14-32-25/h15-16,18-19,24-25,27-28H,4-5,7-14,17H2,1-3,6H3. The maximum Gasteiger partial charge on any atom is 0.214 e. The quantitative estimate of drug-likeness (QED) is 0.323. The first-order chi connectivity index (χ1) is 15.9. The molecule has 2 aliphatic rings. The molecule has 7 nitrogen and oxygen atoms in total. The molecule has 1 saturated carbocycles. The van der Waals surface area contributed by atoms with Crippen LogP contribution in [0.5, 0.6) is 5.88 Å². The van der Waals surface area contributed by atoms with Crippen LogP contribution in [0.1, 0.15) is 63.8 Å². The molecule has 1 saturated heterocycles. The van der Waals surface area contributed by atoms with Crippen LogP contribution in [0.15, 0.2) is 36.9 Å². The third-order valence-electron chi connectivity index (χ3n) is 6.42. The number of pyridine rings is 1. The van der Waals surface area contributed by atoms with Crippen molar-refractivity contribution >= 4 is 0 Å². The van der Waals surface area contributed by atoms with Crippen LogP contribution < -0.4 is 15.4 Å². The van der Waals surface area contributed by atoms with E-state index in [9.17, 15) is 0 Å². The van der Waals surface area contributed by atoms with Crippen molar-refractivity contribution in [3.63, 3.8) is 0 Å². The number of ether oxygens (including phenoxy) is 3. The van der Waals surface area contributed by atoms with Gasteiger partial charge in [-0.3, -0.25) is 0 Å². The van der Waals surface area contributed by atoms with Crippen molar-refractivity contribution in [1.82, 2.24) is 20.5 Å². The first-order valence-corrected chi connectivity index (χ1v) is 12.4. The number of hydrogen-bond donors (Lipinski definition) is 2. The van der Waals surface area contributed by atoms with E-state index in [1.807, 2.05) is 0 Å². The molecule has 2 N–H and O–H groups in total. The molecule has 0 radical (unpaired) electrons. The van der Waals surface area contributed by atoms with Crippen LogP contribution in [-0.2, 0) is 15.9 Å². The minimum Gasteiger partial charge on any atom is -0.483 e. The van der Waals surface area contributed by atoms with Gasteiger partial charge in [0.05, 0.1) is 25.9 Å². The van der Waals surface area contributed by atoms with Crippen LogP contribution in [0, 0.1) is 0 Å². The summed E-state index contributed by atoms with van der Waals surface area (Å²) in [5, 5.41) is 6.61. The van der Waals surface area contributed by atoms with Crippen molar-refractivity contribution in [2.24, 2.45) is 0 Å². The van der Waals surface area contributed by atoms with Crippen molar-refractivity contribution in [1.29, 1.82) is 0 Å². The Morgan fingerprint density at radius 3 is 2.76 bits per heavy atom. The summed E-state index contributed by atoms with van der Waals surface area (Å²) in [4.78, 5) is 7.28. The normalized spacial score (nSPS) is 19.9. The highest BCUT2D eigenvalue weighted by atomic mass is 16.5. The van der Waals surface area contributed by atoms with E-state index in [0.717, 1.165) is 56.9 Å². The predicted octanol–water partition coefficient (Wildman–Crippen LogP) is 3.93. The summed E-state index contributed by atoms with van der Waals surface area (Å²) in [6.45, 7) is 18.0. The summed E-state index contributed by atoms with van der Waals surface area (Å²) in [6.07, 6.45) is 5.27. The lowest BCUT2D eigenvalue weighted by molar-refractivity contribution is 0.0272. The van der Waals surface area contributed by atoms with Crippen molar-refractivity contribution in [3.8, 4) is 5.88 Å². The molecule has 7 heteroatoms. The molecule has 0 spiro atoms. The van der Waals surface area contributed by atoms with E-state index < -0.39 is 0 Å². The summed E-state index contributed by atoms with van der Waals surface area (Å²) >= 11 is 0. The fourth-order valence-electron chi connectivity index (χ4n) is 4.13. The second kappa shape index (κ2) is 12.3. The maximum absolute atomic E-state index is 6.15. The van der Waals surface area contributed by atoms with E-state index in [-0.39, 0.29) is 18.2 Å². The number of rotatable bonds is 14. The van der Waals surface area contributed by atoms with Gasteiger partial charge in [-0.1, -0.05) is 13.5 Å². The summed E-state index contributed by atoms with van der Waals surface area (Å²) in [6, 6.07) is 5.02. The fourth-order valence-corrected chi connectivity index (χ4v) is 4.13. The third kappa shape index (κ3) is 7.37. The van der Waals surface area contributed by atoms with Gasteiger partial charge in [-0.2, -0.15) is 0 Å². The number of morpholine rings is 1. The van der Waals surface area contributed by atoms with Crippen LogP contribution in [0.3, 0.4) is 0 Å². The number of aromatic nitrogens is 1. The Kier molecular flexibility index (Phi) is 9.44. The molecule has 0 bridgehead atoms. The zero-order valence-corrected chi connectivity index (χ0v) is 20.9. The predicted molar refractivity (Wildman–Crippen MR) is 132 cm³/mol. The molecule has 1 aromatic heterocycles. The van der Waals surface area contributed by atoms with Gasteiger partial charge in [0.25, 0.3) is 0 Å². The molecule has 2 fully saturated rings. The Bertz CT molecular complexity index is 790. The molecular formula is C26H42N4O3. The first-order valence-electron chi connectivity index (χ1n) is 12.4. The van der Waals surface area contributed by atoms with Crippen molar-refractivity contribution in [2.45, 2.75) is 77.2 Å². The van der Waals surface area contributed by atoms with Gasteiger partial charge < -0.3 is 29.7 Å². The lowest BCUT2D eigenvalue weighted by Gasteiger charge is -2.38. The molecule has 3 unspecified atom stereocenters. The molecule has 1 aliphatic heterocycles. The first kappa shape index (κ1) is 25.4. The zero-order valence-electron chi connectivity index (χ0n) is 20.9. The molecule has 3 rings (SSSR count). The highest BCUT2D eigenvalue weighted by Gasteiger charge is 2.36. The Labute approximate surface area is 199 Å². The lowest BCUT2D eigenvalue weighted by atomic mass is 10.0. The topological polar surface area (TPSA) is 67.9 Å². The Hall–Kier alpha value is -2.25. The van der Waals surface area contributed by atoms with Gasteiger partial charge >= 0.3 is 0 Å². The molecule has 33 heavy (non-hydrogen) atoms. The molecule has 184 valence electrons. The Morgan fingerprint density at radius 1 is 1.33 bits per heavy atom. The van der Waals surface area contributed by atoms with E-state index in [1.165, 1.54) is 18.4 Å². The fraction of sp³-hybridized carbons (Fsp3) is 0.654. The van der Waals surface area contributed by atoms with E-state index in [4.69, 9.17) is 19.2 Å². The van der Waals surface area contributed by atoms with Gasteiger partial charge in [0.2, 0.25) is 5.88 Å². The highest BCUT2D eigenvalue weighted by Crippen LogP contribution is 2.39.